The van der Waals surface area contributed by atoms with Crippen molar-refractivity contribution in [3.63, 3.8) is 0 Å². The van der Waals surface area contributed by atoms with Gasteiger partial charge in [-0.25, -0.2) is 4.98 Å². The van der Waals surface area contributed by atoms with Gasteiger partial charge in [0.25, 0.3) is 11.6 Å². The molecule has 186 valence electrons. The Morgan fingerprint density at radius 1 is 1.03 bits per heavy atom. The summed E-state index contributed by atoms with van der Waals surface area (Å²) in [6.07, 6.45) is 3.37. The van der Waals surface area contributed by atoms with Crippen molar-refractivity contribution < 1.29 is 9.15 Å². The largest absolute Gasteiger partial charge is 0.423 e. The molecule has 8 nitrogen and oxygen atoms in total. The summed E-state index contributed by atoms with van der Waals surface area (Å²) in [4.78, 5) is 26.7. The fourth-order valence-electron chi connectivity index (χ4n) is 4.65. The Morgan fingerprint density at radius 2 is 1.83 bits per heavy atom. The number of oxazole rings is 1. The average molecular weight is 486 g/mol. The molecule has 0 atom stereocenters. The molecule has 0 amide bonds. The molecule has 0 radical (unpaired) electrons. The summed E-state index contributed by atoms with van der Waals surface area (Å²) in [7, 11) is 0. The van der Waals surface area contributed by atoms with E-state index in [1.165, 1.54) is 11.1 Å². The highest BCUT2D eigenvalue weighted by molar-refractivity contribution is 5.70. The first kappa shape index (κ1) is 24.0. The van der Waals surface area contributed by atoms with E-state index in [9.17, 15) is 4.79 Å². The SMILES string of the molecule is Cc1cc(C)c(-c2cc(-c3cnc(Nc4cc(CN5CCOCC5)cc(C)c4C)o3)ccn2)c(=O)[nH]1. The molecule has 4 heterocycles. The van der Waals surface area contributed by atoms with Gasteiger partial charge < -0.3 is 19.5 Å². The molecule has 1 aromatic carbocycles. The quantitative estimate of drug-likeness (QED) is 0.401. The number of morpholine rings is 1. The van der Waals surface area contributed by atoms with Gasteiger partial charge in [0.2, 0.25) is 0 Å². The third kappa shape index (κ3) is 5.10. The average Bonchev–Trinajstić information content (AvgIpc) is 3.31. The van der Waals surface area contributed by atoms with Crippen molar-refractivity contribution in [2.45, 2.75) is 34.2 Å². The van der Waals surface area contributed by atoms with E-state index < -0.39 is 0 Å². The zero-order valence-corrected chi connectivity index (χ0v) is 21.1. The first-order valence-electron chi connectivity index (χ1n) is 12.2. The number of aromatic nitrogens is 3. The Bertz CT molecular complexity index is 1450. The van der Waals surface area contributed by atoms with Gasteiger partial charge in [0.05, 0.1) is 30.7 Å². The lowest BCUT2D eigenvalue weighted by atomic mass is 10.0. The molecule has 0 aliphatic carbocycles. The van der Waals surface area contributed by atoms with Crippen LogP contribution in [0.4, 0.5) is 11.7 Å². The molecule has 1 aliphatic rings. The number of hydrogen-bond donors (Lipinski definition) is 2. The van der Waals surface area contributed by atoms with Crippen LogP contribution in [0.2, 0.25) is 0 Å². The molecule has 1 fully saturated rings. The van der Waals surface area contributed by atoms with Crippen molar-refractivity contribution in [3.8, 4) is 22.6 Å². The predicted molar refractivity (Wildman–Crippen MR) is 141 cm³/mol. The number of hydrogen-bond acceptors (Lipinski definition) is 7. The van der Waals surface area contributed by atoms with Crippen molar-refractivity contribution in [2.75, 3.05) is 31.6 Å². The molecule has 3 aromatic heterocycles. The van der Waals surface area contributed by atoms with Crippen molar-refractivity contribution in [1.29, 1.82) is 0 Å². The maximum atomic E-state index is 12.6. The Balaban J connectivity index is 1.39. The zero-order valence-electron chi connectivity index (χ0n) is 21.1. The van der Waals surface area contributed by atoms with Gasteiger partial charge in [0.1, 0.15) is 0 Å². The van der Waals surface area contributed by atoms with Gasteiger partial charge in [-0.05, 0) is 74.2 Å². The summed E-state index contributed by atoms with van der Waals surface area (Å²) in [6.45, 7) is 12.3. The first-order valence-corrected chi connectivity index (χ1v) is 12.2. The highest BCUT2D eigenvalue weighted by Gasteiger charge is 2.15. The van der Waals surface area contributed by atoms with E-state index >= 15 is 0 Å². The molecule has 0 saturated carbocycles. The second-order valence-corrected chi connectivity index (χ2v) is 9.40. The Hall–Kier alpha value is -3.75. The van der Waals surface area contributed by atoms with Gasteiger partial charge in [-0.2, -0.15) is 0 Å². The van der Waals surface area contributed by atoms with Crippen LogP contribution in [0, 0.1) is 27.7 Å². The minimum absolute atomic E-state index is 0.153. The number of anilines is 2. The molecular weight excluding hydrogens is 454 g/mol. The van der Waals surface area contributed by atoms with E-state index in [1.54, 1.807) is 12.4 Å². The van der Waals surface area contributed by atoms with Crippen LogP contribution in [0.1, 0.15) is 27.9 Å². The Kier molecular flexibility index (Phi) is 6.71. The standard InChI is InChI=1S/C28H31N5O3/c1-17-12-21(16-33-7-9-35-10-8-33)13-23(20(17)4)32-28-30-15-25(36-28)22-5-6-29-24(14-22)26-18(2)11-19(3)31-27(26)34/h5-6,11-15H,7-10,16H2,1-4H3,(H,30,32)(H,31,34). The number of pyridine rings is 2. The third-order valence-corrected chi connectivity index (χ3v) is 6.65. The number of benzene rings is 1. The van der Waals surface area contributed by atoms with Crippen LogP contribution in [0.15, 0.2) is 51.9 Å². The topological polar surface area (TPSA) is 96.3 Å². The maximum absolute atomic E-state index is 12.6. The molecule has 0 bridgehead atoms. The molecular formula is C28H31N5O3. The summed E-state index contributed by atoms with van der Waals surface area (Å²) < 4.78 is 11.5. The number of rotatable bonds is 6. The van der Waals surface area contributed by atoms with Crippen LogP contribution < -0.4 is 10.9 Å². The predicted octanol–water partition coefficient (Wildman–Crippen LogP) is 4.90. The number of nitrogens with one attached hydrogen (secondary N) is 2. The van der Waals surface area contributed by atoms with Gasteiger partial charge in [-0.15, -0.1) is 0 Å². The van der Waals surface area contributed by atoms with Gasteiger partial charge >= 0.3 is 0 Å². The van der Waals surface area contributed by atoms with E-state index in [2.05, 4.69) is 51.1 Å². The lowest BCUT2D eigenvalue weighted by Crippen LogP contribution is -2.35. The second-order valence-electron chi connectivity index (χ2n) is 9.40. The highest BCUT2D eigenvalue weighted by Crippen LogP contribution is 2.30. The van der Waals surface area contributed by atoms with Crippen LogP contribution in [0.5, 0.6) is 0 Å². The number of aryl methyl sites for hydroxylation is 3. The molecule has 1 aliphatic heterocycles. The fraction of sp³-hybridized carbons (Fsp3) is 0.321. The Labute approximate surface area is 210 Å². The van der Waals surface area contributed by atoms with Gasteiger partial charge in [0, 0.05) is 42.8 Å². The minimum Gasteiger partial charge on any atom is -0.423 e. The minimum atomic E-state index is -0.153. The van der Waals surface area contributed by atoms with Crippen molar-refractivity contribution in [3.05, 3.63) is 81.0 Å². The highest BCUT2D eigenvalue weighted by atomic mass is 16.5. The third-order valence-electron chi connectivity index (χ3n) is 6.65. The molecule has 5 rings (SSSR count). The summed E-state index contributed by atoms with van der Waals surface area (Å²) in [5.41, 5.74) is 8.09. The second kappa shape index (κ2) is 10.1. The van der Waals surface area contributed by atoms with E-state index in [1.807, 2.05) is 32.0 Å². The number of nitrogens with zero attached hydrogens (tertiary/aromatic N) is 3. The van der Waals surface area contributed by atoms with Crippen LogP contribution >= 0.6 is 0 Å². The summed E-state index contributed by atoms with van der Waals surface area (Å²) in [5, 5.41) is 3.36. The molecule has 8 heteroatoms. The van der Waals surface area contributed by atoms with Crippen LogP contribution in [-0.4, -0.2) is 46.2 Å². The summed E-state index contributed by atoms with van der Waals surface area (Å²) in [5.74, 6) is 0.598. The molecule has 2 N–H and O–H groups in total. The monoisotopic (exact) mass is 485 g/mol. The van der Waals surface area contributed by atoms with E-state index in [4.69, 9.17) is 9.15 Å². The molecule has 0 spiro atoms. The van der Waals surface area contributed by atoms with Crippen LogP contribution in [-0.2, 0) is 11.3 Å². The summed E-state index contributed by atoms with van der Waals surface area (Å²) >= 11 is 0. The maximum Gasteiger partial charge on any atom is 0.299 e. The van der Waals surface area contributed by atoms with E-state index in [0.717, 1.165) is 60.9 Å². The molecule has 0 unspecified atom stereocenters. The van der Waals surface area contributed by atoms with Gasteiger partial charge in [-0.1, -0.05) is 6.07 Å². The van der Waals surface area contributed by atoms with Crippen molar-refractivity contribution in [1.82, 2.24) is 19.9 Å². The van der Waals surface area contributed by atoms with Crippen molar-refractivity contribution >= 4 is 11.7 Å². The molecule has 4 aromatic rings. The van der Waals surface area contributed by atoms with Gasteiger partial charge in [0.15, 0.2) is 5.76 Å². The fourth-order valence-corrected chi connectivity index (χ4v) is 4.65. The number of H-pyrrole nitrogens is 1. The van der Waals surface area contributed by atoms with Gasteiger partial charge in [-0.3, -0.25) is 14.7 Å². The Morgan fingerprint density at radius 3 is 2.61 bits per heavy atom. The lowest BCUT2D eigenvalue weighted by Gasteiger charge is -2.27. The number of ether oxygens (including phenoxy) is 1. The summed E-state index contributed by atoms with van der Waals surface area (Å²) in [6, 6.07) is 10.5. The van der Waals surface area contributed by atoms with Crippen molar-refractivity contribution in [2.24, 2.45) is 0 Å². The smallest absolute Gasteiger partial charge is 0.299 e. The molecule has 36 heavy (non-hydrogen) atoms. The number of aromatic amines is 1. The van der Waals surface area contributed by atoms with E-state index in [-0.39, 0.29) is 5.56 Å². The lowest BCUT2D eigenvalue weighted by molar-refractivity contribution is 0.0342. The molecule has 1 saturated heterocycles. The normalized spacial score (nSPS) is 14.2. The van der Waals surface area contributed by atoms with Crippen LogP contribution in [0.3, 0.4) is 0 Å². The van der Waals surface area contributed by atoms with Crippen LogP contribution in [0.25, 0.3) is 22.6 Å². The zero-order chi connectivity index (χ0) is 25.2. The first-order chi connectivity index (χ1) is 17.4. The van der Waals surface area contributed by atoms with E-state index in [0.29, 0.717) is 23.0 Å².